The van der Waals surface area contributed by atoms with Crippen LogP contribution < -0.4 is 20.7 Å². The number of anilines is 2. The number of nitrogens with zero attached hydrogens (tertiary/aromatic N) is 4. The number of methoxy groups -OCH3 is 1. The van der Waals surface area contributed by atoms with Crippen molar-refractivity contribution in [2.45, 2.75) is 13.5 Å². The van der Waals surface area contributed by atoms with Crippen molar-refractivity contribution in [3.8, 4) is 5.75 Å². The summed E-state index contributed by atoms with van der Waals surface area (Å²) in [5, 5.41) is 3.09. The molecule has 1 aliphatic heterocycles. The van der Waals surface area contributed by atoms with Crippen LogP contribution in [0.3, 0.4) is 0 Å². The summed E-state index contributed by atoms with van der Waals surface area (Å²) >= 11 is 0. The van der Waals surface area contributed by atoms with Gasteiger partial charge in [0.05, 0.1) is 13.7 Å². The van der Waals surface area contributed by atoms with E-state index in [1.165, 1.54) is 0 Å². The van der Waals surface area contributed by atoms with Gasteiger partial charge in [-0.3, -0.25) is 0 Å². The van der Waals surface area contributed by atoms with E-state index in [4.69, 9.17) is 10.5 Å². The molecule has 28 heavy (non-hydrogen) atoms. The van der Waals surface area contributed by atoms with Gasteiger partial charge in [0, 0.05) is 44.1 Å². The molecule has 0 radical (unpaired) electrons. The first-order valence-corrected chi connectivity index (χ1v) is 9.31. The number of halogens is 1. The molecule has 3 N–H and O–H groups in total. The minimum atomic E-state index is 0. The Morgan fingerprint density at radius 3 is 2.71 bits per heavy atom. The molecule has 0 atom stereocenters. The van der Waals surface area contributed by atoms with Crippen LogP contribution in [0.4, 0.5) is 11.5 Å². The summed E-state index contributed by atoms with van der Waals surface area (Å²) in [6.45, 7) is 8.00. The molecule has 152 valence electrons. The van der Waals surface area contributed by atoms with Crippen LogP contribution >= 0.6 is 24.0 Å². The van der Waals surface area contributed by atoms with E-state index in [2.05, 4.69) is 38.1 Å². The molecular weight excluding hydrogens is 467 g/mol. The van der Waals surface area contributed by atoms with Gasteiger partial charge in [0.2, 0.25) is 0 Å². The second-order valence-corrected chi connectivity index (χ2v) is 6.50. The summed E-state index contributed by atoms with van der Waals surface area (Å²) < 4.78 is 5.21. The number of hydrogen-bond acceptors (Lipinski definition) is 5. The van der Waals surface area contributed by atoms with E-state index < -0.39 is 0 Å². The average molecular weight is 496 g/mol. The quantitative estimate of drug-likeness (QED) is 0.364. The summed E-state index contributed by atoms with van der Waals surface area (Å²) in [6, 6.07) is 11.7. The molecule has 1 aromatic carbocycles. The number of aliphatic imine (C=N–C) groups is 1. The Hall–Kier alpha value is -2.07. The van der Waals surface area contributed by atoms with E-state index in [-0.39, 0.29) is 24.0 Å². The number of nitrogens with two attached hydrogens (primary N) is 1. The molecule has 0 bridgehead atoms. The van der Waals surface area contributed by atoms with Crippen LogP contribution in [0.2, 0.25) is 0 Å². The van der Waals surface area contributed by atoms with Gasteiger partial charge in [0.1, 0.15) is 11.6 Å². The topological polar surface area (TPSA) is 79.0 Å². The number of aromatic nitrogens is 1. The lowest BCUT2D eigenvalue weighted by atomic mass is 10.2. The predicted octanol–water partition coefficient (Wildman–Crippen LogP) is 2.78. The predicted molar refractivity (Wildman–Crippen MR) is 126 cm³/mol. The van der Waals surface area contributed by atoms with Gasteiger partial charge < -0.3 is 25.6 Å². The summed E-state index contributed by atoms with van der Waals surface area (Å²) in [5.41, 5.74) is 7.96. The van der Waals surface area contributed by atoms with E-state index in [0.29, 0.717) is 12.5 Å². The normalized spacial score (nSPS) is 15.1. The SMILES string of the molecule is CCN1CCN(c2cc(CN=C(N)Nc3cccc(OC)c3)ccn2)CC1.I. The van der Waals surface area contributed by atoms with Gasteiger partial charge in [-0.1, -0.05) is 13.0 Å². The molecule has 2 heterocycles. The summed E-state index contributed by atoms with van der Waals surface area (Å²) in [7, 11) is 1.64. The van der Waals surface area contributed by atoms with E-state index in [1.807, 2.05) is 36.5 Å². The fourth-order valence-corrected chi connectivity index (χ4v) is 3.09. The molecule has 7 nitrogen and oxygen atoms in total. The molecule has 2 aromatic rings. The Labute approximate surface area is 184 Å². The molecule has 3 rings (SSSR count). The summed E-state index contributed by atoms with van der Waals surface area (Å²) in [6.07, 6.45) is 1.85. The van der Waals surface area contributed by atoms with Crippen molar-refractivity contribution >= 4 is 41.4 Å². The smallest absolute Gasteiger partial charge is 0.193 e. The van der Waals surface area contributed by atoms with Crippen molar-refractivity contribution in [1.82, 2.24) is 9.88 Å². The molecule has 0 unspecified atom stereocenters. The number of ether oxygens (including phenoxy) is 1. The van der Waals surface area contributed by atoms with Gasteiger partial charge >= 0.3 is 0 Å². The average Bonchev–Trinajstić information content (AvgIpc) is 2.72. The maximum Gasteiger partial charge on any atom is 0.193 e. The Bertz CT molecular complexity index is 777. The largest absolute Gasteiger partial charge is 0.497 e. The van der Waals surface area contributed by atoms with Gasteiger partial charge in [0.25, 0.3) is 0 Å². The molecule has 0 spiro atoms. The minimum Gasteiger partial charge on any atom is -0.497 e. The maximum atomic E-state index is 6.02. The zero-order chi connectivity index (χ0) is 19.1. The molecule has 1 aliphatic rings. The van der Waals surface area contributed by atoms with Crippen LogP contribution in [0.25, 0.3) is 0 Å². The molecule has 1 aromatic heterocycles. The zero-order valence-corrected chi connectivity index (χ0v) is 18.8. The van der Waals surface area contributed by atoms with E-state index >= 15 is 0 Å². The first kappa shape index (κ1) is 22.2. The Kier molecular flexibility index (Phi) is 8.78. The number of rotatable bonds is 6. The fraction of sp³-hybridized carbons (Fsp3) is 0.400. The van der Waals surface area contributed by atoms with Crippen molar-refractivity contribution in [2.75, 3.05) is 50.1 Å². The van der Waals surface area contributed by atoms with Crippen LogP contribution in [-0.2, 0) is 6.54 Å². The standard InChI is InChI=1S/C20H28N6O.HI/c1-3-25-9-11-26(12-10-25)19-13-16(7-8-22-19)15-23-20(21)24-17-5-4-6-18(14-17)27-2;/h4-8,13-14H,3,9-12,15H2,1-2H3,(H3,21,23,24);1H. The fourth-order valence-electron chi connectivity index (χ4n) is 3.09. The van der Waals surface area contributed by atoms with Crippen molar-refractivity contribution in [3.05, 3.63) is 48.2 Å². The van der Waals surface area contributed by atoms with E-state index in [9.17, 15) is 0 Å². The number of pyridine rings is 1. The van der Waals surface area contributed by atoms with Gasteiger partial charge in [-0.25, -0.2) is 9.98 Å². The Morgan fingerprint density at radius 2 is 2.00 bits per heavy atom. The number of guanidine groups is 1. The van der Waals surface area contributed by atoms with Crippen LogP contribution in [0.15, 0.2) is 47.6 Å². The summed E-state index contributed by atoms with van der Waals surface area (Å²) in [5.74, 6) is 2.16. The third-order valence-electron chi connectivity index (χ3n) is 4.73. The number of hydrogen-bond donors (Lipinski definition) is 2. The molecule has 1 saturated heterocycles. The maximum absolute atomic E-state index is 6.02. The van der Waals surface area contributed by atoms with Crippen molar-refractivity contribution in [3.63, 3.8) is 0 Å². The highest BCUT2D eigenvalue weighted by molar-refractivity contribution is 14.0. The molecule has 1 fully saturated rings. The monoisotopic (exact) mass is 496 g/mol. The Morgan fingerprint density at radius 1 is 1.21 bits per heavy atom. The van der Waals surface area contributed by atoms with Crippen LogP contribution in [0.5, 0.6) is 5.75 Å². The number of likely N-dealkylation sites (N-methyl/N-ethyl adjacent to an activating group) is 1. The van der Waals surface area contributed by atoms with Gasteiger partial charge in [-0.05, 0) is 36.4 Å². The molecular formula is C20H29IN6O. The highest BCUT2D eigenvalue weighted by Crippen LogP contribution is 2.17. The van der Waals surface area contributed by atoms with Gasteiger partial charge in [0.15, 0.2) is 5.96 Å². The number of nitrogens with one attached hydrogen (secondary N) is 1. The molecule has 0 aliphatic carbocycles. The lowest BCUT2D eigenvalue weighted by Gasteiger charge is -2.34. The Balaban J connectivity index is 0.00000280. The van der Waals surface area contributed by atoms with Crippen LogP contribution in [0.1, 0.15) is 12.5 Å². The third-order valence-corrected chi connectivity index (χ3v) is 4.73. The molecule has 0 amide bonds. The minimum absolute atomic E-state index is 0. The number of piperazine rings is 1. The third kappa shape index (κ3) is 6.23. The van der Waals surface area contributed by atoms with Crippen LogP contribution in [0, 0.1) is 0 Å². The molecule has 0 saturated carbocycles. The lowest BCUT2D eigenvalue weighted by molar-refractivity contribution is 0.270. The van der Waals surface area contributed by atoms with Gasteiger partial charge in [-0.2, -0.15) is 0 Å². The summed E-state index contributed by atoms with van der Waals surface area (Å²) in [4.78, 5) is 13.8. The second kappa shape index (κ2) is 11.1. The van der Waals surface area contributed by atoms with Crippen molar-refractivity contribution < 1.29 is 4.74 Å². The first-order chi connectivity index (χ1) is 13.2. The van der Waals surface area contributed by atoms with E-state index in [0.717, 1.165) is 55.5 Å². The molecule has 8 heteroatoms. The first-order valence-electron chi connectivity index (χ1n) is 9.31. The van der Waals surface area contributed by atoms with Crippen molar-refractivity contribution in [1.29, 1.82) is 0 Å². The highest BCUT2D eigenvalue weighted by Gasteiger charge is 2.16. The lowest BCUT2D eigenvalue weighted by Crippen LogP contribution is -2.46. The van der Waals surface area contributed by atoms with Gasteiger partial charge in [-0.15, -0.1) is 24.0 Å². The zero-order valence-electron chi connectivity index (χ0n) is 16.5. The second-order valence-electron chi connectivity index (χ2n) is 6.50. The van der Waals surface area contributed by atoms with Crippen LogP contribution in [-0.4, -0.2) is 55.7 Å². The highest BCUT2D eigenvalue weighted by atomic mass is 127. The van der Waals surface area contributed by atoms with E-state index in [1.54, 1.807) is 7.11 Å². The number of benzene rings is 1. The van der Waals surface area contributed by atoms with Crippen molar-refractivity contribution in [2.24, 2.45) is 10.7 Å².